The minimum atomic E-state index is -3.38. The first kappa shape index (κ1) is 8.77. The third-order valence-electron chi connectivity index (χ3n) is 2.29. The third-order valence-corrected chi connectivity index (χ3v) is 2.29. The first-order chi connectivity index (χ1) is 4.77. The van der Waals surface area contributed by atoms with E-state index < -0.39 is 30.2 Å². The van der Waals surface area contributed by atoms with E-state index in [1.165, 1.54) is 0 Å². The van der Waals surface area contributed by atoms with Gasteiger partial charge in [0.25, 0.3) is 11.8 Å². The van der Waals surface area contributed by atoms with Crippen molar-refractivity contribution in [2.45, 2.75) is 25.2 Å². The van der Waals surface area contributed by atoms with E-state index in [0.29, 0.717) is 6.92 Å². The summed E-state index contributed by atoms with van der Waals surface area (Å²) >= 11 is 0. The van der Waals surface area contributed by atoms with Gasteiger partial charge >= 0.3 is 0 Å². The number of alkyl halides is 4. The molecule has 66 valence electrons. The Morgan fingerprint density at radius 3 is 1.82 bits per heavy atom. The van der Waals surface area contributed by atoms with Crippen LogP contribution >= 0.6 is 0 Å². The lowest BCUT2D eigenvalue weighted by molar-refractivity contribution is -0.0989. The molecule has 2 N–H and O–H groups in total. The van der Waals surface area contributed by atoms with E-state index in [0.717, 1.165) is 0 Å². The van der Waals surface area contributed by atoms with Crippen molar-refractivity contribution in [2.24, 2.45) is 11.1 Å². The molecule has 0 aliphatic heterocycles. The molecule has 1 aliphatic carbocycles. The summed E-state index contributed by atoms with van der Waals surface area (Å²) in [5.41, 5.74) is 2.61. The van der Waals surface area contributed by atoms with Crippen molar-refractivity contribution in [3.63, 3.8) is 0 Å². The van der Waals surface area contributed by atoms with Crippen LogP contribution in [0.5, 0.6) is 0 Å². The molecule has 0 heterocycles. The highest BCUT2D eigenvalue weighted by molar-refractivity contribution is 5.16. The van der Waals surface area contributed by atoms with Gasteiger partial charge in [-0.1, -0.05) is 0 Å². The van der Waals surface area contributed by atoms with E-state index in [2.05, 4.69) is 0 Å². The smallest absolute Gasteiger partial charge is 0.261 e. The second kappa shape index (κ2) is 1.88. The Labute approximate surface area is 61.6 Å². The molecule has 5 heteroatoms. The molecule has 0 saturated heterocycles. The molecule has 11 heavy (non-hydrogen) atoms. The van der Waals surface area contributed by atoms with Gasteiger partial charge in [-0.05, 0) is 0 Å². The van der Waals surface area contributed by atoms with Gasteiger partial charge in [0.2, 0.25) is 0 Å². The molecule has 0 aromatic carbocycles. The van der Waals surface area contributed by atoms with Crippen LogP contribution in [0.3, 0.4) is 0 Å². The lowest BCUT2D eigenvalue weighted by Gasteiger charge is -2.21. The van der Waals surface area contributed by atoms with E-state index in [9.17, 15) is 17.6 Å². The fourth-order valence-electron chi connectivity index (χ4n) is 1.21. The van der Waals surface area contributed by atoms with Gasteiger partial charge in [0.05, 0.1) is 0 Å². The molecule has 1 fully saturated rings. The molecule has 0 radical (unpaired) electrons. The second-order valence-electron chi connectivity index (χ2n) is 3.06. The standard InChI is InChI=1S/C6H9F4N/c1-4(7,8)5(3-11)2-6(5,9)10/h2-3,11H2,1H3. The van der Waals surface area contributed by atoms with Crippen LogP contribution in [0.2, 0.25) is 0 Å². The highest BCUT2D eigenvalue weighted by Crippen LogP contribution is 2.66. The molecule has 0 aromatic heterocycles. The number of hydrogen-bond donors (Lipinski definition) is 1. The van der Waals surface area contributed by atoms with Crippen molar-refractivity contribution in [1.82, 2.24) is 0 Å². The number of rotatable bonds is 2. The average molecular weight is 171 g/mol. The van der Waals surface area contributed by atoms with E-state index in [1.807, 2.05) is 0 Å². The minimum absolute atomic E-state index is 0.487. The molecule has 0 spiro atoms. The van der Waals surface area contributed by atoms with Crippen LogP contribution in [0.1, 0.15) is 13.3 Å². The zero-order valence-electron chi connectivity index (χ0n) is 6.00. The Hall–Kier alpha value is -0.320. The first-order valence-electron chi connectivity index (χ1n) is 3.22. The first-order valence-corrected chi connectivity index (χ1v) is 3.22. The highest BCUT2D eigenvalue weighted by atomic mass is 19.3. The van der Waals surface area contributed by atoms with Gasteiger partial charge in [0.15, 0.2) is 0 Å². The van der Waals surface area contributed by atoms with Gasteiger partial charge in [-0.25, -0.2) is 17.6 Å². The van der Waals surface area contributed by atoms with Gasteiger partial charge < -0.3 is 5.73 Å². The van der Waals surface area contributed by atoms with E-state index >= 15 is 0 Å². The van der Waals surface area contributed by atoms with Crippen molar-refractivity contribution in [1.29, 1.82) is 0 Å². The zero-order valence-corrected chi connectivity index (χ0v) is 6.00. The molecular formula is C6H9F4N. The highest BCUT2D eigenvalue weighted by Gasteiger charge is 2.79. The monoisotopic (exact) mass is 171 g/mol. The normalized spacial score (nSPS) is 35.5. The number of hydrogen-bond acceptors (Lipinski definition) is 1. The average Bonchev–Trinajstić information content (AvgIpc) is 2.33. The van der Waals surface area contributed by atoms with Crippen LogP contribution in [0.25, 0.3) is 0 Å². The van der Waals surface area contributed by atoms with Crippen molar-refractivity contribution in [3.8, 4) is 0 Å². The van der Waals surface area contributed by atoms with Crippen LogP contribution in [0.15, 0.2) is 0 Å². The quantitative estimate of drug-likeness (QED) is 0.628. The number of nitrogens with two attached hydrogens (primary N) is 1. The summed E-state index contributed by atoms with van der Waals surface area (Å²) in [4.78, 5) is 0. The summed E-state index contributed by atoms with van der Waals surface area (Å²) < 4.78 is 49.8. The Kier molecular flexibility index (Phi) is 1.50. The maximum Gasteiger partial charge on any atom is 0.261 e. The molecular weight excluding hydrogens is 162 g/mol. The van der Waals surface area contributed by atoms with Crippen molar-refractivity contribution in [3.05, 3.63) is 0 Å². The second-order valence-corrected chi connectivity index (χ2v) is 3.06. The van der Waals surface area contributed by atoms with Crippen molar-refractivity contribution in [2.75, 3.05) is 6.54 Å². The fraction of sp³-hybridized carbons (Fsp3) is 1.00. The molecule has 1 aliphatic rings. The Morgan fingerprint density at radius 2 is 1.82 bits per heavy atom. The van der Waals surface area contributed by atoms with Gasteiger partial charge in [0, 0.05) is 19.9 Å². The molecule has 1 saturated carbocycles. The maximum absolute atomic E-state index is 12.5. The largest absolute Gasteiger partial charge is 0.329 e. The molecule has 0 aromatic rings. The van der Waals surface area contributed by atoms with Gasteiger partial charge in [-0.15, -0.1) is 0 Å². The predicted octanol–water partition coefficient (Wildman–Crippen LogP) is 1.63. The Morgan fingerprint density at radius 1 is 1.45 bits per heavy atom. The Bertz CT molecular complexity index is 174. The van der Waals surface area contributed by atoms with Gasteiger partial charge in [0.1, 0.15) is 5.41 Å². The SMILES string of the molecule is CC(F)(F)C1(CN)CC1(F)F. The lowest BCUT2D eigenvalue weighted by atomic mass is 9.99. The van der Waals surface area contributed by atoms with Crippen molar-refractivity contribution >= 4 is 0 Å². The van der Waals surface area contributed by atoms with Crippen LogP contribution in [0, 0.1) is 5.41 Å². The summed E-state index contributed by atoms with van der Waals surface area (Å²) in [5, 5.41) is 0. The van der Waals surface area contributed by atoms with Crippen LogP contribution in [-0.2, 0) is 0 Å². The van der Waals surface area contributed by atoms with Crippen LogP contribution < -0.4 is 5.73 Å². The molecule has 1 unspecified atom stereocenters. The van der Waals surface area contributed by atoms with Crippen LogP contribution in [0.4, 0.5) is 17.6 Å². The van der Waals surface area contributed by atoms with Crippen molar-refractivity contribution < 1.29 is 17.6 Å². The summed E-state index contributed by atoms with van der Waals surface area (Å²) in [6.07, 6.45) is -0.792. The van der Waals surface area contributed by atoms with E-state index in [1.54, 1.807) is 0 Å². The van der Waals surface area contributed by atoms with E-state index in [4.69, 9.17) is 5.73 Å². The minimum Gasteiger partial charge on any atom is -0.329 e. The summed E-state index contributed by atoms with van der Waals surface area (Å²) in [6.45, 7) is -0.176. The van der Waals surface area contributed by atoms with Crippen LogP contribution in [-0.4, -0.2) is 18.4 Å². The topological polar surface area (TPSA) is 26.0 Å². The zero-order chi connectivity index (χ0) is 8.91. The number of halogens is 4. The Balaban J connectivity index is 2.84. The molecule has 0 amide bonds. The lowest BCUT2D eigenvalue weighted by Crippen LogP contribution is -2.38. The molecule has 1 nitrogen and oxygen atoms in total. The third kappa shape index (κ3) is 0.937. The summed E-state index contributed by atoms with van der Waals surface area (Å²) in [6, 6.07) is 0. The maximum atomic E-state index is 12.5. The van der Waals surface area contributed by atoms with Gasteiger partial charge in [-0.2, -0.15) is 0 Å². The molecule has 1 rings (SSSR count). The predicted molar refractivity (Wildman–Crippen MR) is 31.7 cm³/mol. The molecule has 1 atom stereocenters. The van der Waals surface area contributed by atoms with Gasteiger partial charge in [-0.3, -0.25) is 0 Å². The fourth-order valence-corrected chi connectivity index (χ4v) is 1.21. The van der Waals surface area contributed by atoms with E-state index in [-0.39, 0.29) is 0 Å². The molecule has 0 bridgehead atoms. The summed E-state index contributed by atoms with van der Waals surface area (Å²) in [7, 11) is 0. The summed E-state index contributed by atoms with van der Waals surface area (Å²) in [5.74, 6) is -6.66.